The fourth-order valence-electron chi connectivity index (χ4n) is 5.07. The molecule has 8 nitrogen and oxygen atoms in total. The van der Waals surface area contributed by atoms with Gasteiger partial charge in [0.2, 0.25) is 0 Å². The summed E-state index contributed by atoms with van der Waals surface area (Å²) in [5, 5.41) is 20.4. The summed E-state index contributed by atoms with van der Waals surface area (Å²) in [7, 11) is 1.39. The molecule has 0 amide bonds. The highest BCUT2D eigenvalue weighted by Gasteiger charge is 2.49. The molecule has 0 unspecified atom stereocenters. The maximum atomic E-state index is 12.6. The van der Waals surface area contributed by atoms with Gasteiger partial charge in [-0.25, -0.2) is 0 Å². The van der Waals surface area contributed by atoms with E-state index in [9.17, 15) is 19.8 Å². The number of hydrogen-bond acceptors (Lipinski definition) is 8. The van der Waals surface area contributed by atoms with E-state index in [1.807, 2.05) is 0 Å². The first-order valence-corrected chi connectivity index (χ1v) is 15.8. The summed E-state index contributed by atoms with van der Waals surface area (Å²) < 4.78 is 22.2. The number of carbonyl (C=O) groups excluding carboxylic acids is 2. The molecule has 0 spiro atoms. The van der Waals surface area contributed by atoms with E-state index in [1.54, 1.807) is 0 Å². The van der Waals surface area contributed by atoms with Crippen molar-refractivity contribution in [3.05, 3.63) is 0 Å². The molecule has 2 N–H and O–H groups in total. The second-order valence-electron chi connectivity index (χ2n) is 11.0. The Bertz CT molecular complexity index is 613. The van der Waals surface area contributed by atoms with Gasteiger partial charge in [0.1, 0.15) is 12.2 Å². The molecule has 0 aromatic carbocycles. The summed E-state index contributed by atoms with van der Waals surface area (Å²) in [5.74, 6) is -0.904. The van der Waals surface area contributed by atoms with Crippen LogP contribution in [0.1, 0.15) is 142 Å². The highest BCUT2D eigenvalue weighted by molar-refractivity contribution is 5.70. The molecule has 0 aromatic rings. The molecule has 1 fully saturated rings. The van der Waals surface area contributed by atoms with Crippen molar-refractivity contribution in [3.63, 3.8) is 0 Å². The lowest BCUT2D eigenvalue weighted by atomic mass is 9.98. The van der Waals surface area contributed by atoms with Crippen LogP contribution in [0, 0.1) is 0 Å². The maximum Gasteiger partial charge on any atom is 0.306 e. The van der Waals surface area contributed by atoms with Crippen molar-refractivity contribution in [2.45, 2.75) is 173 Å². The first-order chi connectivity index (χ1) is 19.0. The number of esters is 2. The quantitative estimate of drug-likeness (QED) is 0.104. The first kappa shape index (κ1) is 35.8. The number of aliphatic hydroxyl groups excluding tert-OH is 2. The zero-order valence-electron chi connectivity index (χ0n) is 25.1. The van der Waals surface area contributed by atoms with Gasteiger partial charge < -0.3 is 29.2 Å². The van der Waals surface area contributed by atoms with Crippen LogP contribution in [0.5, 0.6) is 0 Å². The molecule has 0 radical (unpaired) electrons. The zero-order valence-corrected chi connectivity index (χ0v) is 25.1. The van der Waals surface area contributed by atoms with E-state index >= 15 is 0 Å². The fraction of sp³-hybridized carbons (Fsp3) is 0.935. The molecule has 1 heterocycles. The minimum atomic E-state index is -1.33. The number of methoxy groups -OCH3 is 1. The molecule has 1 aliphatic rings. The molecule has 230 valence electrons. The Morgan fingerprint density at radius 1 is 0.641 bits per heavy atom. The predicted octanol–water partition coefficient (Wildman–Crippen LogP) is 6.38. The highest BCUT2D eigenvalue weighted by atomic mass is 16.7. The molecule has 0 bridgehead atoms. The standard InChI is InChI=1S/C31H58O8/c1-4-6-8-10-12-14-16-18-20-22-26(33)38-29-28(35)25(24-32)37-31(36-3)30(29)39-27(34)23-21-19-17-15-13-11-9-7-5-2/h25,28-32,35H,4-24H2,1-3H3/t25-,28-,29+,30-,31+/m1/s1. The largest absolute Gasteiger partial charge is 0.455 e. The van der Waals surface area contributed by atoms with E-state index in [0.29, 0.717) is 12.8 Å². The fourth-order valence-corrected chi connectivity index (χ4v) is 5.07. The van der Waals surface area contributed by atoms with Gasteiger partial charge in [0, 0.05) is 20.0 Å². The molecule has 1 saturated heterocycles. The Kier molecular flexibility index (Phi) is 21.6. The molecule has 0 aromatic heterocycles. The van der Waals surface area contributed by atoms with Crippen molar-refractivity contribution in [1.82, 2.24) is 0 Å². The van der Waals surface area contributed by atoms with Crippen molar-refractivity contribution in [3.8, 4) is 0 Å². The van der Waals surface area contributed by atoms with Gasteiger partial charge in [-0.1, -0.05) is 117 Å². The van der Waals surface area contributed by atoms with Crippen molar-refractivity contribution in [2.24, 2.45) is 0 Å². The van der Waals surface area contributed by atoms with Crippen LogP contribution in [-0.2, 0) is 28.5 Å². The number of rotatable bonds is 24. The Morgan fingerprint density at radius 3 is 1.41 bits per heavy atom. The van der Waals surface area contributed by atoms with E-state index in [0.717, 1.165) is 25.7 Å². The van der Waals surface area contributed by atoms with Gasteiger partial charge >= 0.3 is 11.9 Å². The average Bonchev–Trinajstić information content (AvgIpc) is 2.93. The SMILES string of the molecule is CCCCCCCCCCCC(=O)O[C@H]1[C@@H](OC)O[C@H](CO)[C@@H](O)[C@@H]1OC(=O)CCCCCCCCCCC. The monoisotopic (exact) mass is 558 g/mol. The van der Waals surface area contributed by atoms with Crippen LogP contribution < -0.4 is 0 Å². The summed E-state index contributed by atoms with van der Waals surface area (Å²) in [5.41, 5.74) is 0. The lowest BCUT2D eigenvalue weighted by molar-refractivity contribution is -0.300. The minimum absolute atomic E-state index is 0.223. The van der Waals surface area contributed by atoms with Crippen LogP contribution in [0.15, 0.2) is 0 Å². The van der Waals surface area contributed by atoms with Crippen LogP contribution in [0.25, 0.3) is 0 Å². The van der Waals surface area contributed by atoms with E-state index in [-0.39, 0.29) is 12.8 Å². The Hall–Kier alpha value is -1.22. The van der Waals surface area contributed by atoms with Gasteiger partial charge in [-0.05, 0) is 12.8 Å². The van der Waals surface area contributed by atoms with Crippen LogP contribution >= 0.6 is 0 Å². The normalized spacial score (nSPS) is 23.1. The highest BCUT2D eigenvalue weighted by Crippen LogP contribution is 2.28. The van der Waals surface area contributed by atoms with E-state index in [2.05, 4.69) is 13.8 Å². The maximum absolute atomic E-state index is 12.6. The summed E-state index contributed by atoms with van der Waals surface area (Å²) in [6.45, 7) is 3.94. The molecular weight excluding hydrogens is 500 g/mol. The Labute approximate surface area is 237 Å². The molecule has 39 heavy (non-hydrogen) atoms. The molecular formula is C31H58O8. The van der Waals surface area contributed by atoms with Gasteiger partial charge in [-0.15, -0.1) is 0 Å². The van der Waals surface area contributed by atoms with Gasteiger partial charge in [0.15, 0.2) is 18.5 Å². The first-order valence-electron chi connectivity index (χ1n) is 15.8. The van der Waals surface area contributed by atoms with Crippen molar-refractivity contribution in [1.29, 1.82) is 0 Å². The molecule has 1 rings (SSSR count). The molecule has 0 saturated carbocycles. The molecule has 0 aliphatic carbocycles. The van der Waals surface area contributed by atoms with Gasteiger partial charge in [-0.3, -0.25) is 9.59 Å². The lowest BCUT2D eigenvalue weighted by Crippen LogP contribution is -2.61. The smallest absolute Gasteiger partial charge is 0.306 e. The second kappa shape index (κ2) is 23.5. The average molecular weight is 559 g/mol. The summed E-state index contributed by atoms with van der Waals surface area (Å²) in [6, 6.07) is 0. The third-order valence-corrected chi connectivity index (χ3v) is 7.53. The zero-order chi connectivity index (χ0) is 28.7. The molecule has 8 heteroatoms. The molecule has 5 atom stereocenters. The third kappa shape index (κ3) is 16.0. The number of ether oxygens (including phenoxy) is 4. The third-order valence-electron chi connectivity index (χ3n) is 7.53. The molecule has 1 aliphatic heterocycles. The van der Waals surface area contributed by atoms with Crippen LogP contribution in [0.4, 0.5) is 0 Å². The van der Waals surface area contributed by atoms with E-state index < -0.39 is 49.3 Å². The lowest BCUT2D eigenvalue weighted by Gasteiger charge is -2.42. The van der Waals surface area contributed by atoms with Gasteiger partial charge in [0.25, 0.3) is 0 Å². The number of unbranched alkanes of at least 4 members (excludes halogenated alkanes) is 16. The van der Waals surface area contributed by atoms with Crippen molar-refractivity contribution in [2.75, 3.05) is 13.7 Å². The number of hydrogen-bond donors (Lipinski definition) is 2. The van der Waals surface area contributed by atoms with Gasteiger partial charge in [0.05, 0.1) is 6.61 Å². The topological polar surface area (TPSA) is 112 Å². The predicted molar refractivity (Wildman–Crippen MR) is 152 cm³/mol. The van der Waals surface area contributed by atoms with E-state index in [4.69, 9.17) is 18.9 Å². The van der Waals surface area contributed by atoms with Crippen molar-refractivity contribution < 1.29 is 38.7 Å². The summed E-state index contributed by atoms with van der Waals surface area (Å²) in [6.07, 6.45) is 15.3. The second-order valence-corrected chi connectivity index (χ2v) is 11.0. The number of aliphatic hydroxyl groups is 2. The van der Waals surface area contributed by atoms with Crippen LogP contribution in [-0.4, -0.2) is 66.6 Å². The Morgan fingerprint density at radius 2 is 1.03 bits per heavy atom. The van der Waals surface area contributed by atoms with Crippen molar-refractivity contribution >= 4 is 11.9 Å². The minimum Gasteiger partial charge on any atom is -0.455 e. The van der Waals surface area contributed by atoms with Crippen LogP contribution in [0.3, 0.4) is 0 Å². The van der Waals surface area contributed by atoms with Gasteiger partial charge in [-0.2, -0.15) is 0 Å². The van der Waals surface area contributed by atoms with E-state index in [1.165, 1.54) is 84.2 Å². The Balaban J connectivity index is 2.47. The summed E-state index contributed by atoms with van der Waals surface area (Å²) >= 11 is 0. The van der Waals surface area contributed by atoms with Crippen LogP contribution in [0.2, 0.25) is 0 Å². The summed E-state index contributed by atoms with van der Waals surface area (Å²) in [4.78, 5) is 25.2. The number of carbonyl (C=O) groups is 2.